The van der Waals surface area contributed by atoms with Gasteiger partial charge in [-0.2, -0.15) is 0 Å². The molecule has 1 aliphatic heterocycles. The van der Waals surface area contributed by atoms with E-state index in [2.05, 4.69) is 17.4 Å². The summed E-state index contributed by atoms with van der Waals surface area (Å²) in [6.45, 7) is 2.16. The molecule has 4 heteroatoms. The minimum atomic E-state index is 0.0503. The first-order valence-electron chi connectivity index (χ1n) is 7.11. The van der Waals surface area contributed by atoms with Crippen molar-refractivity contribution in [3.05, 3.63) is 64.2 Å². The zero-order valence-corrected chi connectivity index (χ0v) is 12.9. The van der Waals surface area contributed by atoms with Gasteiger partial charge in [-0.3, -0.25) is 5.43 Å². The van der Waals surface area contributed by atoms with Crippen molar-refractivity contribution in [1.82, 2.24) is 10.4 Å². The highest BCUT2D eigenvalue weighted by Crippen LogP contribution is 2.34. The van der Waals surface area contributed by atoms with Gasteiger partial charge in [-0.25, -0.2) is 5.01 Å². The number of nitrogens with one attached hydrogen (secondary N) is 1. The first kappa shape index (κ1) is 14.4. The molecule has 0 aliphatic carbocycles. The van der Waals surface area contributed by atoms with Crippen molar-refractivity contribution in [2.75, 3.05) is 7.05 Å². The summed E-state index contributed by atoms with van der Waals surface area (Å²) >= 11 is 6.00. The molecule has 0 saturated heterocycles. The molecule has 1 heterocycles. The van der Waals surface area contributed by atoms with Gasteiger partial charge in [-0.1, -0.05) is 29.8 Å². The minimum Gasteiger partial charge on any atom is -0.508 e. The van der Waals surface area contributed by atoms with Crippen LogP contribution in [0.1, 0.15) is 29.7 Å². The molecule has 0 fully saturated rings. The maximum absolute atomic E-state index is 9.88. The highest BCUT2D eigenvalue weighted by Gasteiger charge is 2.27. The summed E-state index contributed by atoms with van der Waals surface area (Å²) in [6.07, 6.45) is 0.935. The van der Waals surface area contributed by atoms with Gasteiger partial charge in [0.05, 0.1) is 6.04 Å². The van der Waals surface area contributed by atoms with Crippen LogP contribution in [0.3, 0.4) is 0 Å². The Morgan fingerprint density at radius 1 is 1.19 bits per heavy atom. The van der Waals surface area contributed by atoms with Gasteiger partial charge in [0.2, 0.25) is 0 Å². The van der Waals surface area contributed by atoms with Crippen molar-refractivity contribution in [1.29, 1.82) is 0 Å². The molecule has 0 radical (unpaired) electrons. The second-order valence-corrected chi connectivity index (χ2v) is 6.12. The molecule has 0 aromatic heterocycles. The Morgan fingerprint density at radius 3 is 2.62 bits per heavy atom. The molecule has 2 aromatic rings. The predicted octanol–water partition coefficient (Wildman–Crippen LogP) is 3.52. The lowest BCUT2D eigenvalue weighted by Crippen LogP contribution is -2.41. The van der Waals surface area contributed by atoms with Crippen LogP contribution in [0, 0.1) is 0 Å². The number of fused-ring (bicyclic) bond motifs is 1. The second-order valence-electron chi connectivity index (χ2n) is 5.68. The molecule has 0 saturated carbocycles. The average Bonchev–Trinajstić information content (AvgIpc) is 2.55. The van der Waals surface area contributed by atoms with E-state index in [-0.39, 0.29) is 6.04 Å². The van der Waals surface area contributed by atoms with Crippen molar-refractivity contribution >= 4 is 11.6 Å². The van der Waals surface area contributed by atoms with Gasteiger partial charge >= 0.3 is 0 Å². The minimum absolute atomic E-state index is 0.0503. The lowest BCUT2D eigenvalue weighted by Gasteiger charge is -2.29. The third kappa shape index (κ3) is 2.91. The number of phenols is 1. The number of rotatable bonds is 1. The van der Waals surface area contributed by atoms with Gasteiger partial charge in [-0.15, -0.1) is 0 Å². The zero-order valence-electron chi connectivity index (χ0n) is 12.2. The standard InChI is InChI=1S/C17H19ClN2O/c1-11-9-13-5-8-15(21)10-16(13)17(20(2)19-11)12-3-6-14(18)7-4-12/h3-8,10-11,17,19,21H,9H2,1-2H3. The molecule has 2 unspecified atom stereocenters. The largest absolute Gasteiger partial charge is 0.508 e. The highest BCUT2D eigenvalue weighted by molar-refractivity contribution is 6.30. The quantitative estimate of drug-likeness (QED) is 0.846. The van der Waals surface area contributed by atoms with E-state index in [1.807, 2.05) is 43.4 Å². The summed E-state index contributed by atoms with van der Waals surface area (Å²) in [7, 11) is 2.04. The number of hydrogen-bond donors (Lipinski definition) is 2. The SMILES string of the molecule is CC1Cc2ccc(O)cc2C(c2ccc(Cl)cc2)N(C)N1. The molecule has 3 rings (SSSR count). The Hall–Kier alpha value is -1.55. The number of halogens is 1. The van der Waals surface area contributed by atoms with Crippen LogP contribution < -0.4 is 5.43 Å². The molecule has 0 bridgehead atoms. The van der Waals surface area contributed by atoms with E-state index >= 15 is 0 Å². The molecule has 0 amide bonds. The maximum Gasteiger partial charge on any atom is 0.115 e. The van der Waals surface area contributed by atoms with Crippen molar-refractivity contribution in [2.24, 2.45) is 0 Å². The van der Waals surface area contributed by atoms with Crippen molar-refractivity contribution < 1.29 is 5.11 Å². The van der Waals surface area contributed by atoms with E-state index in [4.69, 9.17) is 11.6 Å². The molecule has 2 atom stereocenters. The number of hydrazine groups is 1. The molecule has 21 heavy (non-hydrogen) atoms. The fraction of sp³-hybridized carbons (Fsp3) is 0.294. The highest BCUT2D eigenvalue weighted by atomic mass is 35.5. The number of nitrogens with zero attached hydrogens (tertiary/aromatic N) is 1. The van der Waals surface area contributed by atoms with Crippen LogP contribution in [-0.4, -0.2) is 23.2 Å². The van der Waals surface area contributed by atoms with Gasteiger partial charge < -0.3 is 5.11 Å². The summed E-state index contributed by atoms with van der Waals surface area (Å²) in [5.41, 5.74) is 7.04. The molecular weight excluding hydrogens is 284 g/mol. The lowest BCUT2D eigenvalue weighted by atomic mass is 9.92. The number of hydrogen-bond acceptors (Lipinski definition) is 3. The fourth-order valence-electron chi connectivity index (χ4n) is 3.08. The summed E-state index contributed by atoms with van der Waals surface area (Å²) in [4.78, 5) is 0. The molecule has 2 N–H and O–H groups in total. The van der Waals surface area contributed by atoms with Crippen LogP contribution in [-0.2, 0) is 6.42 Å². The van der Waals surface area contributed by atoms with Crippen LogP contribution >= 0.6 is 11.6 Å². The third-order valence-electron chi connectivity index (χ3n) is 3.95. The Labute approximate surface area is 130 Å². The predicted molar refractivity (Wildman–Crippen MR) is 85.5 cm³/mol. The topological polar surface area (TPSA) is 35.5 Å². The van der Waals surface area contributed by atoms with E-state index < -0.39 is 0 Å². The van der Waals surface area contributed by atoms with Crippen LogP contribution in [0.5, 0.6) is 5.75 Å². The van der Waals surface area contributed by atoms with Crippen LogP contribution in [0.4, 0.5) is 0 Å². The molecular formula is C17H19ClN2O. The van der Waals surface area contributed by atoms with Gasteiger partial charge in [0, 0.05) is 18.1 Å². The molecule has 3 nitrogen and oxygen atoms in total. The lowest BCUT2D eigenvalue weighted by molar-refractivity contribution is 0.172. The van der Waals surface area contributed by atoms with E-state index in [1.165, 1.54) is 5.56 Å². The molecule has 0 spiro atoms. The van der Waals surface area contributed by atoms with Crippen molar-refractivity contribution in [2.45, 2.75) is 25.4 Å². The molecule has 1 aliphatic rings. The van der Waals surface area contributed by atoms with Gasteiger partial charge in [0.15, 0.2) is 0 Å². The third-order valence-corrected chi connectivity index (χ3v) is 4.20. The number of benzene rings is 2. The van der Waals surface area contributed by atoms with E-state index in [1.54, 1.807) is 6.07 Å². The smallest absolute Gasteiger partial charge is 0.115 e. The van der Waals surface area contributed by atoms with Crippen LogP contribution in [0.15, 0.2) is 42.5 Å². The Bertz CT molecular complexity index is 642. The van der Waals surface area contributed by atoms with Crippen LogP contribution in [0.2, 0.25) is 5.02 Å². The van der Waals surface area contributed by atoms with Gasteiger partial charge in [0.25, 0.3) is 0 Å². The van der Waals surface area contributed by atoms with Gasteiger partial charge in [0.1, 0.15) is 5.75 Å². The first-order valence-corrected chi connectivity index (χ1v) is 7.48. The molecule has 110 valence electrons. The average molecular weight is 303 g/mol. The van der Waals surface area contributed by atoms with E-state index in [0.717, 1.165) is 22.6 Å². The Balaban J connectivity index is 2.13. The Morgan fingerprint density at radius 2 is 1.90 bits per heavy atom. The van der Waals surface area contributed by atoms with E-state index in [9.17, 15) is 5.11 Å². The summed E-state index contributed by atoms with van der Waals surface area (Å²) < 4.78 is 0. The van der Waals surface area contributed by atoms with Crippen molar-refractivity contribution in [3.63, 3.8) is 0 Å². The summed E-state index contributed by atoms with van der Waals surface area (Å²) in [6, 6.07) is 13.9. The zero-order chi connectivity index (χ0) is 15.0. The summed E-state index contributed by atoms with van der Waals surface area (Å²) in [5.74, 6) is 0.302. The number of aromatic hydroxyl groups is 1. The summed E-state index contributed by atoms with van der Waals surface area (Å²) in [5, 5.41) is 12.7. The maximum atomic E-state index is 9.88. The second kappa shape index (κ2) is 5.68. The fourth-order valence-corrected chi connectivity index (χ4v) is 3.20. The monoisotopic (exact) mass is 302 g/mol. The number of phenolic OH excluding ortho intramolecular Hbond substituents is 1. The van der Waals surface area contributed by atoms with Crippen LogP contribution in [0.25, 0.3) is 0 Å². The van der Waals surface area contributed by atoms with Crippen molar-refractivity contribution in [3.8, 4) is 5.75 Å². The van der Waals surface area contributed by atoms with E-state index in [0.29, 0.717) is 11.8 Å². The Kier molecular flexibility index (Phi) is 3.89. The normalized spacial score (nSPS) is 22.6. The molecule has 2 aromatic carbocycles. The first-order chi connectivity index (χ1) is 10.0. The van der Waals surface area contributed by atoms with Gasteiger partial charge in [-0.05, 0) is 54.3 Å².